The number of carbonyl (C=O) groups is 1. The van der Waals surface area contributed by atoms with E-state index in [0.29, 0.717) is 0 Å². The Morgan fingerprint density at radius 2 is 2.00 bits per heavy atom. The molecule has 0 spiro atoms. The normalized spacial score (nSPS) is 12.5. The zero-order valence-corrected chi connectivity index (χ0v) is 7.79. The van der Waals surface area contributed by atoms with Crippen molar-refractivity contribution in [1.29, 1.82) is 0 Å². The second kappa shape index (κ2) is 4.28. The fourth-order valence-corrected chi connectivity index (χ4v) is 1.28. The van der Waals surface area contributed by atoms with Crippen molar-refractivity contribution in [1.82, 2.24) is 0 Å². The summed E-state index contributed by atoms with van der Waals surface area (Å²) in [6, 6.07) is 7.21. The predicted octanol–water partition coefficient (Wildman–Crippen LogP) is 2.62. The Morgan fingerprint density at radius 1 is 1.46 bits per heavy atom. The van der Waals surface area contributed by atoms with Gasteiger partial charge in [0.25, 0.3) is 0 Å². The maximum absolute atomic E-state index is 10.4. The Morgan fingerprint density at radius 3 is 2.46 bits per heavy atom. The minimum Gasteiger partial charge on any atom is -0.481 e. The SMILES string of the molecule is [CH2]c1ccc(C(Cl)CC(=O)O)cc1. The number of aliphatic carboxylic acids is 1. The number of halogens is 1. The number of carboxylic acid groups (broad SMARTS) is 1. The van der Waals surface area contributed by atoms with Crippen LogP contribution in [0.2, 0.25) is 0 Å². The van der Waals surface area contributed by atoms with Gasteiger partial charge in [-0.25, -0.2) is 0 Å². The minimum atomic E-state index is -0.890. The largest absolute Gasteiger partial charge is 0.481 e. The molecule has 2 nitrogen and oxygen atoms in total. The lowest BCUT2D eigenvalue weighted by atomic mass is 10.1. The van der Waals surface area contributed by atoms with Gasteiger partial charge in [-0.05, 0) is 18.1 Å². The Labute approximate surface area is 82.2 Å². The van der Waals surface area contributed by atoms with E-state index < -0.39 is 11.3 Å². The zero-order valence-electron chi connectivity index (χ0n) is 7.03. The number of benzene rings is 1. The van der Waals surface area contributed by atoms with Crippen molar-refractivity contribution in [3.8, 4) is 0 Å². The fourth-order valence-electron chi connectivity index (χ4n) is 0.998. The maximum Gasteiger partial charge on any atom is 0.305 e. The van der Waals surface area contributed by atoms with Crippen LogP contribution in [0.25, 0.3) is 0 Å². The molecule has 1 aromatic rings. The van der Waals surface area contributed by atoms with Crippen LogP contribution in [0.15, 0.2) is 24.3 Å². The molecule has 1 radical (unpaired) electrons. The molecule has 0 bridgehead atoms. The van der Waals surface area contributed by atoms with Crippen LogP contribution >= 0.6 is 11.6 Å². The van der Waals surface area contributed by atoms with Crippen molar-refractivity contribution >= 4 is 17.6 Å². The summed E-state index contributed by atoms with van der Waals surface area (Å²) in [6.45, 7) is 3.72. The van der Waals surface area contributed by atoms with E-state index in [0.717, 1.165) is 11.1 Å². The van der Waals surface area contributed by atoms with Crippen LogP contribution < -0.4 is 0 Å². The molecule has 0 heterocycles. The highest BCUT2D eigenvalue weighted by atomic mass is 35.5. The van der Waals surface area contributed by atoms with Gasteiger partial charge in [0.05, 0.1) is 11.8 Å². The van der Waals surface area contributed by atoms with Gasteiger partial charge in [0.15, 0.2) is 0 Å². The molecule has 0 amide bonds. The predicted molar refractivity (Wildman–Crippen MR) is 51.7 cm³/mol. The molecule has 3 heteroatoms. The average Bonchev–Trinajstić information content (AvgIpc) is 2.04. The quantitative estimate of drug-likeness (QED) is 0.757. The van der Waals surface area contributed by atoms with E-state index in [1.54, 1.807) is 12.1 Å². The van der Waals surface area contributed by atoms with Crippen molar-refractivity contribution in [2.24, 2.45) is 0 Å². The van der Waals surface area contributed by atoms with Crippen LogP contribution in [0, 0.1) is 6.92 Å². The summed E-state index contributed by atoms with van der Waals surface area (Å²) < 4.78 is 0. The van der Waals surface area contributed by atoms with Crippen LogP contribution in [0.1, 0.15) is 22.9 Å². The number of hydrogen-bond acceptors (Lipinski definition) is 1. The Hall–Kier alpha value is -1.02. The monoisotopic (exact) mass is 197 g/mol. The van der Waals surface area contributed by atoms with Gasteiger partial charge in [-0.2, -0.15) is 0 Å². The van der Waals surface area contributed by atoms with E-state index in [1.807, 2.05) is 12.1 Å². The Kier molecular flexibility index (Phi) is 3.32. The summed E-state index contributed by atoms with van der Waals surface area (Å²) in [5.41, 5.74) is 1.71. The number of carboxylic acids is 1. The molecular weight excluding hydrogens is 188 g/mol. The molecule has 0 aliphatic heterocycles. The second-order valence-electron chi connectivity index (χ2n) is 2.81. The van der Waals surface area contributed by atoms with Gasteiger partial charge in [-0.3, -0.25) is 4.79 Å². The van der Waals surface area contributed by atoms with E-state index in [-0.39, 0.29) is 6.42 Å². The average molecular weight is 198 g/mol. The Bertz CT molecular complexity index is 292. The first-order chi connectivity index (χ1) is 6.09. The van der Waals surface area contributed by atoms with Gasteiger partial charge in [-0.1, -0.05) is 24.3 Å². The molecule has 0 aliphatic rings. The molecule has 1 atom stereocenters. The first-order valence-electron chi connectivity index (χ1n) is 3.87. The Balaban J connectivity index is 2.71. The minimum absolute atomic E-state index is 0.0575. The van der Waals surface area contributed by atoms with Crippen molar-refractivity contribution in [3.63, 3.8) is 0 Å². The van der Waals surface area contributed by atoms with Crippen molar-refractivity contribution in [3.05, 3.63) is 42.3 Å². The molecule has 0 saturated carbocycles. The lowest BCUT2D eigenvalue weighted by molar-refractivity contribution is -0.137. The molecular formula is C10H10ClO2. The van der Waals surface area contributed by atoms with Gasteiger partial charge in [-0.15, -0.1) is 11.6 Å². The standard InChI is InChI=1S/C10H10ClO2/c1-7-2-4-8(5-3-7)9(11)6-10(12)13/h2-5,9H,1,6H2,(H,12,13). The molecule has 1 unspecified atom stereocenters. The molecule has 0 fully saturated rings. The van der Waals surface area contributed by atoms with Crippen LogP contribution in [-0.4, -0.2) is 11.1 Å². The zero-order chi connectivity index (χ0) is 9.84. The van der Waals surface area contributed by atoms with Gasteiger partial charge >= 0.3 is 5.97 Å². The highest BCUT2D eigenvalue weighted by Gasteiger charge is 2.11. The van der Waals surface area contributed by atoms with Crippen LogP contribution in [0.5, 0.6) is 0 Å². The smallest absolute Gasteiger partial charge is 0.305 e. The first-order valence-corrected chi connectivity index (χ1v) is 4.31. The van der Waals surface area contributed by atoms with E-state index in [9.17, 15) is 4.79 Å². The third kappa shape index (κ3) is 3.07. The third-order valence-corrected chi connectivity index (χ3v) is 2.10. The second-order valence-corrected chi connectivity index (χ2v) is 3.33. The van der Waals surface area contributed by atoms with Gasteiger partial charge in [0.2, 0.25) is 0 Å². The lowest BCUT2D eigenvalue weighted by Gasteiger charge is -2.06. The van der Waals surface area contributed by atoms with Crippen molar-refractivity contribution in [2.75, 3.05) is 0 Å². The van der Waals surface area contributed by atoms with Crippen molar-refractivity contribution in [2.45, 2.75) is 11.8 Å². The number of hydrogen-bond donors (Lipinski definition) is 1. The van der Waals surface area contributed by atoms with E-state index in [2.05, 4.69) is 6.92 Å². The first kappa shape index (κ1) is 10.1. The number of alkyl halides is 1. The van der Waals surface area contributed by atoms with Gasteiger partial charge in [0.1, 0.15) is 0 Å². The maximum atomic E-state index is 10.4. The molecule has 0 saturated heterocycles. The molecule has 1 aromatic carbocycles. The summed E-state index contributed by atoms with van der Waals surface area (Å²) >= 11 is 5.85. The highest BCUT2D eigenvalue weighted by Crippen LogP contribution is 2.23. The third-order valence-electron chi connectivity index (χ3n) is 1.70. The van der Waals surface area contributed by atoms with Gasteiger partial charge < -0.3 is 5.11 Å². The highest BCUT2D eigenvalue weighted by molar-refractivity contribution is 6.21. The number of rotatable bonds is 3. The summed E-state index contributed by atoms with van der Waals surface area (Å²) in [4.78, 5) is 10.4. The van der Waals surface area contributed by atoms with E-state index in [4.69, 9.17) is 16.7 Å². The molecule has 0 aliphatic carbocycles. The molecule has 1 rings (SSSR count). The van der Waals surface area contributed by atoms with E-state index in [1.165, 1.54) is 0 Å². The summed E-state index contributed by atoms with van der Waals surface area (Å²) in [6.07, 6.45) is -0.0575. The lowest BCUT2D eigenvalue weighted by Crippen LogP contribution is -2.00. The fraction of sp³-hybridized carbons (Fsp3) is 0.200. The van der Waals surface area contributed by atoms with Gasteiger partial charge in [0, 0.05) is 0 Å². The topological polar surface area (TPSA) is 37.3 Å². The molecule has 0 aromatic heterocycles. The molecule has 13 heavy (non-hydrogen) atoms. The molecule has 69 valence electrons. The van der Waals surface area contributed by atoms with Crippen LogP contribution in [0.4, 0.5) is 0 Å². The summed E-state index contributed by atoms with van der Waals surface area (Å²) in [5, 5.41) is 8.04. The van der Waals surface area contributed by atoms with Crippen molar-refractivity contribution < 1.29 is 9.90 Å². The summed E-state index contributed by atoms with van der Waals surface area (Å²) in [7, 11) is 0. The van der Waals surface area contributed by atoms with E-state index >= 15 is 0 Å². The summed E-state index contributed by atoms with van der Waals surface area (Å²) in [5.74, 6) is -0.890. The van der Waals surface area contributed by atoms with Crippen LogP contribution in [0.3, 0.4) is 0 Å². The molecule has 1 N–H and O–H groups in total. The van der Waals surface area contributed by atoms with Crippen LogP contribution in [-0.2, 0) is 4.79 Å².